The van der Waals surface area contributed by atoms with Crippen LogP contribution in [-0.4, -0.2) is 50.3 Å². The number of hydrogen-bond donors (Lipinski definition) is 3. The number of aliphatic carboxylic acids is 1. The molecule has 1 heterocycles. The van der Waals surface area contributed by atoms with Gasteiger partial charge in [0.2, 0.25) is 0 Å². The van der Waals surface area contributed by atoms with Gasteiger partial charge in [0.05, 0.1) is 20.1 Å². The lowest BCUT2D eigenvalue weighted by Crippen LogP contribution is -2.50. The smallest absolute Gasteiger partial charge is 0.307 e. The first-order chi connectivity index (χ1) is 10.5. The van der Waals surface area contributed by atoms with Crippen LogP contribution in [0.4, 0.5) is 0 Å². The number of carboxylic acids is 1. The van der Waals surface area contributed by atoms with E-state index in [4.69, 9.17) is 14.6 Å². The third kappa shape index (κ3) is 3.67. The molecule has 3 N–H and O–H groups in total. The van der Waals surface area contributed by atoms with Gasteiger partial charge in [-0.3, -0.25) is 9.59 Å². The third-order valence-electron chi connectivity index (χ3n) is 3.68. The van der Waals surface area contributed by atoms with E-state index in [0.717, 1.165) is 0 Å². The molecule has 0 radical (unpaired) electrons. The van der Waals surface area contributed by atoms with Gasteiger partial charge in [-0.2, -0.15) is 0 Å². The molecule has 2 atom stereocenters. The number of piperidine rings is 1. The fourth-order valence-electron chi connectivity index (χ4n) is 2.49. The van der Waals surface area contributed by atoms with Crippen LogP contribution in [0.15, 0.2) is 18.2 Å². The van der Waals surface area contributed by atoms with Gasteiger partial charge in [0.1, 0.15) is 0 Å². The fraction of sp³-hybridized carbons (Fsp3) is 0.467. The van der Waals surface area contributed by atoms with E-state index >= 15 is 0 Å². The zero-order valence-electron chi connectivity index (χ0n) is 12.6. The molecule has 0 spiro atoms. The summed E-state index contributed by atoms with van der Waals surface area (Å²) in [7, 11) is 3.03. The first-order valence-corrected chi connectivity index (χ1v) is 7.01. The van der Waals surface area contributed by atoms with Gasteiger partial charge in [0.25, 0.3) is 5.91 Å². The molecule has 1 aliphatic heterocycles. The van der Waals surface area contributed by atoms with Crippen molar-refractivity contribution in [1.82, 2.24) is 10.6 Å². The minimum Gasteiger partial charge on any atom is -0.493 e. The first-order valence-electron chi connectivity index (χ1n) is 7.01. The molecular weight excluding hydrogens is 288 g/mol. The van der Waals surface area contributed by atoms with Crippen molar-refractivity contribution in [2.45, 2.75) is 12.5 Å². The summed E-state index contributed by atoms with van der Waals surface area (Å²) in [5, 5.41) is 14.9. The summed E-state index contributed by atoms with van der Waals surface area (Å²) in [5.41, 5.74) is 0.440. The maximum Gasteiger partial charge on any atom is 0.307 e. The molecule has 1 aromatic carbocycles. The number of hydrogen-bond acceptors (Lipinski definition) is 5. The predicted molar refractivity (Wildman–Crippen MR) is 79.4 cm³/mol. The Hall–Kier alpha value is -2.28. The van der Waals surface area contributed by atoms with Gasteiger partial charge in [0, 0.05) is 24.7 Å². The molecule has 0 bridgehead atoms. The Labute approximate surface area is 128 Å². The highest BCUT2D eigenvalue weighted by Crippen LogP contribution is 2.27. The van der Waals surface area contributed by atoms with Crippen LogP contribution < -0.4 is 20.1 Å². The lowest BCUT2D eigenvalue weighted by Gasteiger charge is -2.28. The minimum atomic E-state index is -0.849. The molecule has 22 heavy (non-hydrogen) atoms. The van der Waals surface area contributed by atoms with E-state index < -0.39 is 11.9 Å². The van der Waals surface area contributed by atoms with Crippen LogP contribution in [0.2, 0.25) is 0 Å². The van der Waals surface area contributed by atoms with Crippen LogP contribution >= 0.6 is 0 Å². The van der Waals surface area contributed by atoms with Gasteiger partial charge in [-0.25, -0.2) is 0 Å². The summed E-state index contributed by atoms with van der Waals surface area (Å²) >= 11 is 0. The van der Waals surface area contributed by atoms with Crippen molar-refractivity contribution in [3.05, 3.63) is 23.8 Å². The van der Waals surface area contributed by atoms with Crippen LogP contribution in [0.3, 0.4) is 0 Å². The summed E-state index contributed by atoms with van der Waals surface area (Å²) < 4.78 is 10.3. The van der Waals surface area contributed by atoms with Crippen LogP contribution in [0.1, 0.15) is 16.8 Å². The summed E-state index contributed by atoms with van der Waals surface area (Å²) in [6.07, 6.45) is 0.418. The number of methoxy groups -OCH3 is 2. The lowest BCUT2D eigenvalue weighted by atomic mass is 9.95. The van der Waals surface area contributed by atoms with Crippen molar-refractivity contribution < 1.29 is 24.2 Å². The van der Waals surface area contributed by atoms with E-state index in [-0.39, 0.29) is 11.9 Å². The number of nitrogens with one attached hydrogen (secondary N) is 2. The molecule has 1 amide bonds. The summed E-state index contributed by atoms with van der Waals surface area (Å²) in [6, 6.07) is 4.68. The highest BCUT2D eigenvalue weighted by Gasteiger charge is 2.27. The van der Waals surface area contributed by atoms with E-state index in [1.165, 1.54) is 14.2 Å². The highest BCUT2D eigenvalue weighted by molar-refractivity contribution is 5.95. The summed E-state index contributed by atoms with van der Waals surface area (Å²) in [4.78, 5) is 23.3. The molecule has 7 heteroatoms. The Bertz CT molecular complexity index is 561. The molecule has 0 aromatic heterocycles. The molecule has 0 aliphatic carbocycles. The largest absolute Gasteiger partial charge is 0.493 e. The normalized spacial score (nSPS) is 21.0. The Morgan fingerprint density at radius 2 is 1.95 bits per heavy atom. The topological polar surface area (TPSA) is 96.9 Å². The SMILES string of the molecule is COc1ccc(C(=O)N[C@H]2CNC[C@@H](C(=O)O)C2)cc1OC. The van der Waals surface area contributed by atoms with Crippen molar-refractivity contribution in [3.8, 4) is 11.5 Å². The van der Waals surface area contributed by atoms with Crippen LogP contribution in [0.25, 0.3) is 0 Å². The first kappa shape index (κ1) is 16.1. The van der Waals surface area contributed by atoms with E-state index in [9.17, 15) is 9.59 Å². The maximum atomic E-state index is 12.3. The summed E-state index contributed by atoms with van der Waals surface area (Å²) in [6.45, 7) is 0.987. The Kier molecular flexibility index (Phi) is 5.21. The Morgan fingerprint density at radius 1 is 1.23 bits per heavy atom. The number of benzene rings is 1. The van der Waals surface area contributed by atoms with Gasteiger partial charge in [0.15, 0.2) is 11.5 Å². The van der Waals surface area contributed by atoms with E-state index in [1.807, 2.05) is 0 Å². The van der Waals surface area contributed by atoms with Crippen molar-refractivity contribution in [2.75, 3.05) is 27.3 Å². The zero-order valence-corrected chi connectivity index (χ0v) is 12.6. The number of carbonyl (C=O) groups excluding carboxylic acids is 1. The average molecular weight is 308 g/mol. The van der Waals surface area contributed by atoms with Crippen LogP contribution in [-0.2, 0) is 4.79 Å². The van der Waals surface area contributed by atoms with E-state index in [0.29, 0.717) is 36.6 Å². The second-order valence-electron chi connectivity index (χ2n) is 5.17. The third-order valence-corrected chi connectivity index (χ3v) is 3.68. The number of amides is 1. The second-order valence-corrected chi connectivity index (χ2v) is 5.17. The standard InChI is InChI=1S/C15H20N2O5/c1-21-12-4-3-9(6-13(12)22-2)14(18)17-11-5-10(15(19)20)7-16-8-11/h3-4,6,10-11,16H,5,7-8H2,1-2H3,(H,17,18)(H,19,20)/t10-,11+/m0/s1. The number of rotatable bonds is 5. The molecule has 1 saturated heterocycles. The van der Waals surface area contributed by atoms with Crippen LogP contribution in [0, 0.1) is 5.92 Å². The van der Waals surface area contributed by atoms with Gasteiger partial charge >= 0.3 is 5.97 Å². The second kappa shape index (κ2) is 7.13. The molecule has 1 aliphatic rings. The Balaban J connectivity index is 2.04. The minimum absolute atomic E-state index is 0.213. The molecule has 0 unspecified atom stereocenters. The van der Waals surface area contributed by atoms with Crippen LogP contribution in [0.5, 0.6) is 11.5 Å². The summed E-state index contributed by atoms with van der Waals surface area (Å²) in [5.74, 6) is -0.578. The van der Waals surface area contributed by atoms with Crippen molar-refractivity contribution >= 4 is 11.9 Å². The molecule has 1 fully saturated rings. The number of carbonyl (C=O) groups is 2. The predicted octanol–water partition coefficient (Wildman–Crippen LogP) is 0.496. The molecule has 2 rings (SSSR count). The Morgan fingerprint density at radius 3 is 2.59 bits per heavy atom. The van der Waals surface area contributed by atoms with Gasteiger partial charge in [-0.15, -0.1) is 0 Å². The molecular formula is C15H20N2O5. The van der Waals surface area contributed by atoms with Gasteiger partial charge in [-0.05, 0) is 24.6 Å². The quantitative estimate of drug-likeness (QED) is 0.733. The molecule has 1 aromatic rings. The van der Waals surface area contributed by atoms with Crippen molar-refractivity contribution in [3.63, 3.8) is 0 Å². The molecule has 120 valence electrons. The number of ether oxygens (including phenoxy) is 2. The molecule has 0 saturated carbocycles. The van der Waals surface area contributed by atoms with Crippen molar-refractivity contribution in [2.24, 2.45) is 5.92 Å². The highest BCUT2D eigenvalue weighted by atomic mass is 16.5. The fourth-order valence-corrected chi connectivity index (χ4v) is 2.49. The zero-order chi connectivity index (χ0) is 16.1. The lowest BCUT2D eigenvalue weighted by molar-refractivity contribution is -0.142. The van der Waals surface area contributed by atoms with E-state index in [2.05, 4.69) is 10.6 Å². The van der Waals surface area contributed by atoms with Gasteiger partial charge in [-0.1, -0.05) is 0 Å². The number of carboxylic acid groups (broad SMARTS) is 1. The molecule has 7 nitrogen and oxygen atoms in total. The van der Waals surface area contributed by atoms with Crippen molar-refractivity contribution in [1.29, 1.82) is 0 Å². The average Bonchev–Trinajstić information content (AvgIpc) is 2.54. The maximum absolute atomic E-state index is 12.3. The monoisotopic (exact) mass is 308 g/mol. The van der Waals surface area contributed by atoms with Gasteiger partial charge < -0.3 is 25.2 Å². The van der Waals surface area contributed by atoms with E-state index in [1.54, 1.807) is 18.2 Å².